The molecule has 0 N–H and O–H groups in total. The fourth-order valence-corrected chi connectivity index (χ4v) is 4.58. The van der Waals surface area contributed by atoms with Gasteiger partial charge in [0.1, 0.15) is 0 Å². The van der Waals surface area contributed by atoms with Gasteiger partial charge in [-0.2, -0.15) is 0 Å². The Kier molecular flexibility index (Phi) is 12.3. The van der Waals surface area contributed by atoms with Crippen LogP contribution in [0.5, 0.6) is 0 Å². The average molecular weight is 275 g/mol. The average Bonchev–Trinajstić information content (AvgIpc) is 2.38. The van der Waals surface area contributed by atoms with Crippen LogP contribution in [0.15, 0.2) is 0 Å². The highest BCUT2D eigenvalue weighted by Gasteiger charge is 2.30. The summed E-state index contributed by atoms with van der Waals surface area (Å²) in [5.74, 6) is 0. The molecule has 0 aliphatic rings. The summed E-state index contributed by atoms with van der Waals surface area (Å²) in [5.41, 5.74) is 0. The molecule has 0 aromatic heterocycles. The Morgan fingerprint density at radius 3 is 1.67 bits per heavy atom. The lowest BCUT2D eigenvalue weighted by molar-refractivity contribution is 0.172. The van der Waals surface area contributed by atoms with Gasteiger partial charge in [-0.3, -0.25) is 0 Å². The van der Waals surface area contributed by atoms with Gasteiger partial charge in [0.25, 0.3) is 0 Å². The fraction of sp³-hybridized carbons (Fsp3) is 1.00. The maximum absolute atomic E-state index is 6.03. The number of rotatable bonds is 13. The Hall–Kier alpha value is 0.137. The third-order valence-corrected chi connectivity index (χ3v) is 6.10. The van der Waals surface area contributed by atoms with E-state index in [0.717, 1.165) is 26.1 Å². The molecule has 0 fully saturated rings. The van der Waals surface area contributed by atoms with Crippen molar-refractivity contribution < 1.29 is 8.85 Å². The third-order valence-electron chi connectivity index (χ3n) is 3.21. The summed E-state index contributed by atoms with van der Waals surface area (Å²) in [6.07, 6.45) is 10.3. The van der Waals surface area contributed by atoms with E-state index in [1.807, 2.05) is 0 Å². The molecule has 0 atom stereocenters. The van der Waals surface area contributed by atoms with E-state index >= 15 is 0 Å². The predicted molar refractivity (Wildman–Crippen MR) is 82.3 cm³/mol. The Morgan fingerprint density at radius 2 is 1.17 bits per heavy atom. The van der Waals surface area contributed by atoms with Crippen LogP contribution in [0.1, 0.15) is 72.1 Å². The smallest absolute Gasteiger partial charge is 0.334 e. The summed E-state index contributed by atoms with van der Waals surface area (Å²) >= 11 is 0. The first kappa shape index (κ1) is 18.1. The van der Waals surface area contributed by atoms with Gasteiger partial charge in [-0.05, 0) is 25.4 Å². The van der Waals surface area contributed by atoms with Crippen LogP contribution in [0.25, 0.3) is 0 Å². The van der Waals surface area contributed by atoms with E-state index in [4.69, 9.17) is 8.85 Å². The zero-order chi connectivity index (χ0) is 13.7. The molecule has 0 heterocycles. The molecule has 18 heavy (non-hydrogen) atoms. The van der Waals surface area contributed by atoms with Gasteiger partial charge in [0.15, 0.2) is 0 Å². The van der Waals surface area contributed by atoms with Crippen molar-refractivity contribution in [3.8, 4) is 0 Å². The van der Waals surface area contributed by atoms with E-state index in [-0.39, 0.29) is 0 Å². The maximum atomic E-state index is 6.03. The topological polar surface area (TPSA) is 18.5 Å². The summed E-state index contributed by atoms with van der Waals surface area (Å²) in [6.45, 7) is 10.6. The van der Waals surface area contributed by atoms with Crippen LogP contribution in [-0.2, 0) is 8.85 Å². The van der Waals surface area contributed by atoms with Gasteiger partial charge >= 0.3 is 8.56 Å². The zero-order valence-corrected chi connectivity index (χ0v) is 14.1. The van der Waals surface area contributed by atoms with Gasteiger partial charge < -0.3 is 8.85 Å². The fourth-order valence-electron chi connectivity index (χ4n) is 2.05. The summed E-state index contributed by atoms with van der Waals surface area (Å²) in [5, 5.41) is 0. The van der Waals surface area contributed by atoms with E-state index in [2.05, 4.69) is 27.3 Å². The van der Waals surface area contributed by atoms with E-state index in [9.17, 15) is 0 Å². The van der Waals surface area contributed by atoms with Gasteiger partial charge in [0.05, 0.1) is 0 Å². The van der Waals surface area contributed by atoms with Crippen LogP contribution < -0.4 is 0 Å². The van der Waals surface area contributed by atoms with Crippen molar-refractivity contribution >= 4 is 8.56 Å². The number of hydrogen-bond donors (Lipinski definition) is 0. The summed E-state index contributed by atoms with van der Waals surface area (Å²) in [4.78, 5) is 0. The highest BCUT2D eigenvalue weighted by molar-refractivity contribution is 6.66. The van der Waals surface area contributed by atoms with E-state index in [1.54, 1.807) is 0 Å². The van der Waals surface area contributed by atoms with Crippen molar-refractivity contribution in [2.45, 2.75) is 84.7 Å². The maximum Gasteiger partial charge on any atom is 0.334 e. The van der Waals surface area contributed by atoms with E-state index in [0.29, 0.717) is 0 Å². The van der Waals surface area contributed by atoms with Crippen molar-refractivity contribution in [3.05, 3.63) is 0 Å². The van der Waals surface area contributed by atoms with Crippen LogP contribution >= 0.6 is 0 Å². The molecule has 0 radical (unpaired) electrons. The minimum atomic E-state index is -1.86. The second kappa shape index (κ2) is 12.2. The Balaban J connectivity index is 3.77. The van der Waals surface area contributed by atoms with Crippen molar-refractivity contribution in [2.75, 3.05) is 13.2 Å². The highest BCUT2D eigenvalue weighted by Crippen LogP contribution is 2.19. The van der Waals surface area contributed by atoms with Gasteiger partial charge in [-0.15, -0.1) is 0 Å². The largest absolute Gasteiger partial charge is 0.394 e. The summed E-state index contributed by atoms with van der Waals surface area (Å²) in [7, 11) is -1.86. The zero-order valence-electron chi connectivity index (χ0n) is 13.1. The van der Waals surface area contributed by atoms with Crippen LogP contribution in [0.4, 0.5) is 0 Å². The summed E-state index contributed by atoms with van der Waals surface area (Å²) in [6, 6.07) is 1.17. The first-order chi connectivity index (χ1) is 8.68. The first-order valence-corrected chi connectivity index (χ1v) is 10.5. The molecule has 0 bridgehead atoms. The van der Waals surface area contributed by atoms with Crippen molar-refractivity contribution in [1.29, 1.82) is 0 Å². The molecule has 110 valence electrons. The molecule has 0 aliphatic heterocycles. The highest BCUT2D eigenvalue weighted by atomic mass is 28.4. The molecular formula is C15H34O2Si. The standard InChI is InChI=1S/C15H34O2Si/c1-5-8-9-10-11-12-15-18(4,16-13-6-2)17-14-7-3/h5-15H2,1-4H3. The molecule has 0 unspecified atom stereocenters. The van der Waals surface area contributed by atoms with Crippen LogP contribution in [0.2, 0.25) is 12.6 Å². The normalized spacial score (nSPS) is 12.0. The lowest BCUT2D eigenvalue weighted by Gasteiger charge is -2.27. The Morgan fingerprint density at radius 1 is 0.667 bits per heavy atom. The van der Waals surface area contributed by atoms with Crippen LogP contribution in [0, 0.1) is 0 Å². The molecule has 0 aromatic rings. The minimum absolute atomic E-state index is 0.863. The van der Waals surface area contributed by atoms with Crippen LogP contribution in [-0.4, -0.2) is 21.8 Å². The van der Waals surface area contributed by atoms with Gasteiger partial charge in [0.2, 0.25) is 0 Å². The summed E-state index contributed by atoms with van der Waals surface area (Å²) < 4.78 is 12.1. The quantitative estimate of drug-likeness (QED) is 0.336. The molecule has 0 aromatic carbocycles. The Labute approximate surface area is 116 Å². The first-order valence-electron chi connectivity index (χ1n) is 7.96. The lowest BCUT2D eigenvalue weighted by Crippen LogP contribution is -2.39. The van der Waals surface area contributed by atoms with Crippen molar-refractivity contribution in [1.82, 2.24) is 0 Å². The molecular weight excluding hydrogens is 240 g/mol. The third kappa shape index (κ3) is 10.1. The van der Waals surface area contributed by atoms with Gasteiger partial charge in [0, 0.05) is 13.2 Å². The molecule has 0 saturated carbocycles. The molecule has 0 spiro atoms. The number of hydrogen-bond acceptors (Lipinski definition) is 2. The van der Waals surface area contributed by atoms with Gasteiger partial charge in [-0.1, -0.05) is 59.3 Å². The monoisotopic (exact) mass is 274 g/mol. The second-order valence-corrected chi connectivity index (χ2v) is 8.69. The molecule has 0 aliphatic carbocycles. The molecule has 0 amide bonds. The Bertz CT molecular complexity index is 166. The predicted octanol–water partition coefficient (Wildman–Crippen LogP) is 5.27. The SMILES string of the molecule is CCCCCCCC[Si](C)(OCCC)OCCC. The van der Waals surface area contributed by atoms with E-state index in [1.165, 1.54) is 44.6 Å². The second-order valence-electron chi connectivity index (χ2n) is 5.35. The number of unbranched alkanes of at least 4 members (excludes halogenated alkanes) is 5. The van der Waals surface area contributed by atoms with E-state index < -0.39 is 8.56 Å². The van der Waals surface area contributed by atoms with Gasteiger partial charge in [-0.25, -0.2) is 0 Å². The molecule has 2 nitrogen and oxygen atoms in total. The van der Waals surface area contributed by atoms with Crippen molar-refractivity contribution in [2.24, 2.45) is 0 Å². The van der Waals surface area contributed by atoms with Crippen LogP contribution in [0.3, 0.4) is 0 Å². The minimum Gasteiger partial charge on any atom is -0.394 e. The van der Waals surface area contributed by atoms with Crippen molar-refractivity contribution in [3.63, 3.8) is 0 Å². The lowest BCUT2D eigenvalue weighted by atomic mass is 10.1. The molecule has 0 rings (SSSR count). The molecule has 3 heteroatoms. The molecule has 0 saturated heterocycles.